The van der Waals surface area contributed by atoms with Crippen molar-refractivity contribution < 1.29 is 89.4 Å². The Kier molecular flexibility index (Phi) is 48.1. The molecule has 0 aromatic heterocycles. The predicted molar refractivity (Wildman–Crippen MR) is 360 cm³/mol. The van der Waals surface area contributed by atoms with E-state index in [9.17, 15) is 61.0 Å². The number of aliphatic hydroxyl groups is 11. The maximum atomic E-state index is 13.4. The normalized spacial score (nSPS) is 28.4. The molecule has 3 aliphatic rings. The standard InChI is InChI=1S/C73H123NO18/c1-3-5-7-9-11-13-15-17-18-19-20-21-22-23-24-25-26-27-28-29-30-31-32-33-34-35-36-37-38-39-41-43-45-47-49-51-61(79)74-56(57(78)50-48-46-44-42-40-16-14-12-10-8-6-4-2)55-87-71-67(85)64(82)69(59(53-76)89-71)92-73-68(86)65(83)70(60(54-77)90-73)91-72-66(84)63(81)62(80)58(52-75)88-72/h5,7,11,13,17-18,20-21,23-24,26-27,29-30,32-33,35-36,56-60,62-73,75-78,80-86H,3-4,6,8-10,12,14-16,19,22,25,28,31,34,37-55H2,1-2H3,(H,74,79)/b7-5-,13-11-,18-17-,21-20-,24-23-,27-26-,30-29-,33-32-,36-35-. The van der Waals surface area contributed by atoms with Crippen molar-refractivity contribution in [2.75, 3.05) is 26.4 Å². The van der Waals surface area contributed by atoms with Gasteiger partial charge in [0.25, 0.3) is 0 Å². The average molecular weight is 1300 g/mol. The zero-order valence-corrected chi connectivity index (χ0v) is 55.7. The quantitative estimate of drug-likeness (QED) is 0.0199. The maximum absolute atomic E-state index is 13.4. The second kappa shape index (κ2) is 53.6. The van der Waals surface area contributed by atoms with Crippen molar-refractivity contribution in [2.24, 2.45) is 0 Å². The van der Waals surface area contributed by atoms with E-state index >= 15 is 0 Å². The fourth-order valence-corrected chi connectivity index (χ4v) is 11.2. The van der Waals surface area contributed by atoms with Crippen LogP contribution in [0.1, 0.15) is 213 Å². The minimum Gasteiger partial charge on any atom is -0.394 e. The van der Waals surface area contributed by atoms with Gasteiger partial charge in [-0.15, -0.1) is 0 Å². The molecule has 3 fully saturated rings. The Bertz CT molecular complexity index is 2090. The Labute approximate surface area is 551 Å². The first kappa shape index (κ1) is 82.7. The molecular weight excluding hydrogens is 1180 g/mol. The van der Waals surface area contributed by atoms with E-state index in [1.54, 1.807) is 0 Å². The Morgan fingerprint density at radius 1 is 0.402 bits per heavy atom. The number of amides is 1. The molecule has 0 saturated carbocycles. The number of carbonyl (C=O) groups is 1. The molecule has 3 rings (SSSR count). The Hall–Kier alpha value is -3.55. The fourth-order valence-electron chi connectivity index (χ4n) is 11.2. The van der Waals surface area contributed by atoms with Crippen LogP contribution >= 0.6 is 0 Å². The second-order valence-corrected chi connectivity index (χ2v) is 24.6. The molecule has 0 aliphatic carbocycles. The van der Waals surface area contributed by atoms with Crippen molar-refractivity contribution in [3.05, 3.63) is 109 Å². The molecule has 0 aromatic rings. The molecule has 0 radical (unpaired) electrons. The first-order valence-corrected chi connectivity index (χ1v) is 35.1. The summed E-state index contributed by atoms with van der Waals surface area (Å²) in [6.07, 6.45) is 44.6. The number of allylic oxidation sites excluding steroid dienone is 18. The molecule has 0 spiro atoms. The zero-order chi connectivity index (χ0) is 66.8. The first-order chi connectivity index (χ1) is 44.8. The van der Waals surface area contributed by atoms with Gasteiger partial charge in [-0.25, -0.2) is 0 Å². The van der Waals surface area contributed by atoms with E-state index in [1.807, 2.05) is 0 Å². The molecule has 528 valence electrons. The van der Waals surface area contributed by atoms with Gasteiger partial charge in [-0.1, -0.05) is 232 Å². The van der Waals surface area contributed by atoms with E-state index in [-0.39, 0.29) is 18.9 Å². The number of hydrogen-bond donors (Lipinski definition) is 12. The third-order valence-corrected chi connectivity index (χ3v) is 16.9. The molecule has 92 heavy (non-hydrogen) atoms. The van der Waals surface area contributed by atoms with Gasteiger partial charge < -0.3 is 89.9 Å². The minimum atomic E-state index is -1.98. The predicted octanol–water partition coefficient (Wildman–Crippen LogP) is 9.44. The summed E-state index contributed by atoms with van der Waals surface area (Å²) < 4.78 is 34.3. The lowest BCUT2D eigenvalue weighted by Crippen LogP contribution is -2.66. The van der Waals surface area contributed by atoms with Crippen LogP contribution < -0.4 is 5.32 Å². The Morgan fingerprint density at radius 2 is 0.750 bits per heavy atom. The van der Waals surface area contributed by atoms with Gasteiger partial charge in [0, 0.05) is 6.42 Å². The van der Waals surface area contributed by atoms with Gasteiger partial charge in [-0.05, 0) is 83.5 Å². The van der Waals surface area contributed by atoms with E-state index in [0.29, 0.717) is 12.8 Å². The van der Waals surface area contributed by atoms with Crippen molar-refractivity contribution in [1.29, 1.82) is 0 Å². The summed E-state index contributed by atoms with van der Waals surface area (Å²) >= 11 is 0. The fraction of sp³-hybridized carbons (Fsp3) is 0.740. The zero-order valence-electron chi connectivity index (χ0n) is 55.7. The Balaban J connectivity index is 1.37. The molecule has 3 saturated heterocycles. The number of aliphatic hydroxyl groups excluding tert-OH is 11. The molecule has 17 atom stereocenters. The summed E-state index contributed by atoms with van der Waals surface area (Å²) in [6.45, 7) is 1.64. The number of nitrogens with one attached hydrogen (secondary N) is 1. The van der Waals surface area contributed by atoms with E-state index < -0.39 is 124 Å². The number of ether oxygens (including phenoxy) is 6. The van der Waals surface area contributed by atoms with Gasteiger partial charge in [-0.2, -0.15) is 0 Å². The summed E-state index contributed by atoms with van der Waals surface area (Å²) in [7, 11) is 0. The molecule has 17 unspecified atom stereocenters. The van der Waals surface area contributed by atoms with E-state index in [2.05, 4.69) is 129 Å². The van der Waals surface area contributed by atoms with Gasteiger partial charge in [0.05, 0.1) is 38.6 Å². The van der Waals surface area contributed by atoms with Crippen LogP contribution in [0.25, 0.3) is 0 Å². The SMILES string of the molecule is CC/C=C\C/C=C\C/C=C\C/C=C\C/C=C\C/C=C\C/C=C\C/C=C\C/C=C\CCCCCCCCCC(=O)NC(COC1OC(CO)C(OC2OC(CO)C(OC3OC(CO)C(O)C(O)C3O)C(O)C2O)C(O)C1O)C(O)CCCCCCCCCCCCCC. The highest BCUT2D eigenvalue weighted by Crippen LogP contribution is 2.33. The molecular formula is C73H123NO18. The van der Waals surface area contributed by atoms with Gasteiger partial charge in [-0.3, -0.25) is 4.79 Å². The van der Waals surface area contributed by atoms with Crippen molar-refractivity contribution in [1.82, 2.24) is 5.32 Å². The molecule has 19 nitrogen and oxygen atoms in total. The van der Waals surface area contributed by atoms with Crippen molar-refractivity contribution in [2.45, 2.75) is 317 Å². The number of hydrogen-bond acceptors (Lipinski definition) is 18. The highest BCUT2D eigenvalue weighted by Gasteiger charge is 2.53. The van der Waals surface area contributed by atoms with Crippen LogP contribution in [-0.4, -0.2) is 193 Å². The van der Waals surface area contributed by atoms with Crippen LogP contribution in [-0.2, 0) is 33.2 Å². The number of unbranched alkanes of at least 4 members (excludes halogenated alkanes) is 18. The highest BCUT2D eigenvalue weighted by molar-refractivity contribution is 5.76. The van der Waals surface area contributed by atoms with Crippen LogP contribution in [0.2, 0.25) is 0 Å². The lowest BCUT2D eigenvalue weighted by Gasteiger charge is -2.48. The third-order valence-electron chi connectivity index (χ3n) is 16.9. The van der Waals surface area contributed by atoms with Crippen LogP contribution in [0.15, 0.2) is 109 Å². The minimum absolute atomic E-state index is 0.246. The summed E-state index contributed by atoms with van der Waals surface area (Å²) in [4.78, 5) is 13.4. The number of rotatable bonds is 52. The van der Waals surface area contributed by atoms with Crippen LogP contribution in [0.4, 0.5) is 0 Å². The van der Waals surface area contributed by atoms with Gasteiger partial charge in [0.15, 0.2) is 18.9 Å². The van der Waals surface area contributed by atoms with E-state index in [4.69, 9.17) is 28.4 Å². The summed E-state index contributed by atoms with van der Waals surface area (Å²) in [6, 6.07) is -0.900. The molecule has 3 aliphatic heterocycles. The lowest BCUT2D eigenvalue weighted by molar-refractivity contribution is -0.379. The smallest absolute Gasteiger partial charge is 0.220 e. The maximum Gasteiger partial charge on any atom is 0.220 e. The van der Waals surface area contributed by atoms with Crippen molar-refractivity contribution >= 4 is 5.91 Å². The topological polar surface area (TPSA) is 307 Å². The summed E-state index contributed by atoms with van der Waals surface area (Å²) in [5.41, 5.74) is 0. The third kappa shape index (κ3) is 34.9. The molecule has 0 aromatic carbocycles. The summed E-state index contributed by atoms with van der Waals surface area (Å²) in [5, 5.41) is 120. The Morgan fingerprint density at radius 3 is 1.17 bits per heavy atom. The highest BCUT2D eigenvalue weighted by atomic mass is 16.8. The largest absolute Gasteiger partial charge is 0.394 e. The van der Waals surface area contributed by atoms with E-state index in [1.165, 1.54) is 51.4 Å². The average Bonchev–Trinajstić information content (AvgIpc) is 0.830. The molecule has 19 heteroatoms. The van der Waals surface area contributed by atoms with Crippen molar-refractivity contribution in [3.63, 3.8) is 0 Å². The summed E-state index contributed by atoms with van der Waals surface area (Å²) in [5.74, 6) is -0.260. The monoisotopic (exact) mass is 1300 g/mol. The molecule has 0 bridgehead atoms. The molecule has 3 heterocycles. The molecule has 12 N–H and O–H groups in total. The first-order valence-electron chi connectivity index (χ1n) is 35.1. The van der Waals surface area contributed by atoms with Crippen LogP contribution in [0, 0.1) is 0 Å². The van der Waals surface area contributed by atoms with Gasteiger partial charge in [0.1, 0.15) is 73.2 Å². The van der Waals surface area contributed by atoms with Gasteiger partial charge >= 0.3 is 0 Å². The second-order valence-electron chi connectivity index (χ2n) is 24.6. The number of carbonyl (C=O) groups excluding carboxylic acids is 1. The van der Waals surface area contributed by atoms with E-state index in [0.717, 1.165) is 128 Å². The van der Waals surface area contributed by atoms with Crippen LogP contribution in [0.3, 0.4) is 0 Å². The molecule has 1 amide bonds. The van der Waals surface area contributed by atoms with Gasteiger partial charge in [0.2, 0.25) is 5.91 Å². The lowest BCUT2D eigenvalue weighted by atomic mass is 9.96. The van der Waals surface area contributed by atoms with Crippen LogP contribution in [0.5, 0.6) is 0 Å². The van der Waals surface area contributed by atoms with Crippen molar-refractivity contribution in [3.8, 4) is 0 Å².